The van der Waals surface area contributed by atoms with Crippen molar-refractivity contribution in [2.24, 2.45) is 0 Å². The first-order chi connectivity index (χ1) is 7.47. The zero-order chi connectivity index (χ0) is 12.6. The molecule has 0 rings (SSSR count). The topological polar surface area (TPSA) is 89.9 Å². The number of rotatable bonds is 9. The smallest absolute Gasteiger partial charge is 0.304 e. The number of nitrogens with one attached hydrogen (secondary N) is 1. The van der Waals surface area contributed by atoms with E-state index in [1.165, 1.54) is 0 Å². The lowest BCUT2D eigenvalue weighted by atomic mass is 10.1. The first-order valence-corrected chi connectivity index (χ1v) is 5.25. The SMILES string of the molecule is CNCC(CCC(=O)O)N(C)CCC(=O)O. The van der Waals surface area contributed by atoms with Gasteiger partial charge >= 0.3 is 11.9 Å². The van der Waals surface area contributed by atoms with Gasteiger partial charge < -0.3 is 20.4 Å². The second-order valence-electron chi connectivity index (χ2n) is 3.77. The molecule has 0 heterocycles. The summed E-state index contributed by atoms with van der Waals surface area (Å²) in [6.07, 6.45) is 0.694. The van der Waals surface area contributed by atoms with Crippen LogP contribution in [0.3, 0.4) is 0 Å². The van der Waals surface area contributed by atoms with Crippen LogP contribution >= 0.6 is 0 Å². The minimum atomic E-state index is -0.840. The standard InChI is InChI=1S/C10H20N2O4/c1-11-7-8(3-4-9(13)14)12(2)6-5-10(15)16/h8,11H,3-7H2,1-2H3,(H,13,14)(H,15,16). The lowest BCUT2D eigenvalue weighted by molar-refractivity contribution is -0.139. The van der Waals surface area contributed by atoms with Crippen molar-refractivity contribution in [2.45, 2.75) is 25.3 Å². The molecule has 1 atom stereocenters. The van der Waals surface area contributed by atoms with E-state index < -0.39 is 11.9 Å². The maximum Gasteiger partial charge on any atom is 0.304 e. The summed E-state index contributed by atoms with van der Waals surface area (Å²) >= 11 is 0. The van der Waals surface area contributed by atoms with Crippen LogP contribution in [0.1, 0.15) is 19.3 Å². The number of likely N-dealkylation sites (N-methyl/N-ethyl adjacent to an activating group) is 2. The van der Waals surface area contributed by atoms with Crippen molar-refractivity contribution < 1.29 is 19.8 Å². The van der Waals surface area contributed by atoms with Crippen molar-refractivity contribution in [1.29, 1.82) is 0 Å². The van der Waals surface area contributed by atoms with Gasteiger partial charge in [-0.05, 0) is 20.5 Å². The highest BCUT2D eigenvalue weighted by Gasteiger charge is 2.15. The van der Waals surface area contributed by atoms with E-state index in [1.807, 2.05) is 11.9 Å². The third-order valence-corrected chi connectivity index (χ3v) is 2.43. The highest BCUT2D eigenvalue weighted by molar-refractivity contribution is 5.67. The predicted molar refractivity (Wildman–Crippen MR) is 59.5 cm³/mol. The maximum absolute atomic E-state index is 10.5. The normalized spacial score (nSPS) is 12.7. The Morgan fingerprint density at radius 1 is 1.25 bits per heavy atom. The first kappa shape index (κ1) is 14.9. The van der Waals surface area contributed by atoms with Crippen LogP contribution in [-0.4, -0.2) is 60.3 Å². The number of carboxylic acid groups (broad SMARTS) is 2. The van der Waals surface area contributed by atoms with E-state index in [0.717, 1.165) is 0 Å². The van der Waals surface area contributed by atoms with E-state index >= 15 is 0 Å². The number of carbonyl (C=O) groups is 2. The fourth-order valence-corrected chi connectivity index (χ4v) is 1.46. The molecule has 94 valence electrons. The van der Waals surface area contributed by atoms with E-state index in [4.69, 9.17) is 10.2 Å². The van der Waals surface area contributed by atoms with Gasteiger partial charge in [-0.1, -0.05) is 0 Å². The van der Waals surface area contributed by atoms with Crippen molar-refractivity contribution in [3.63, 3.8) is 0 Å². The molecule has 0 aromatic rings. The molecular formula is C10H20N2O4. The summed E-state index contributed by atoms with van der Waals surface area (Å²) in [4.78, 5) is 22.8. The van der Waals surface area contributed by atoms with E-state index in [0.29, 0.717) is 19.5 Å². The summed E-state index contributed by atoms with van der Waals surface area (Å²) in [5, 5.41) is 20.1. The fraction of sp³-hybridized carbons (Fsp3) is 0.800. The Labute approximate surface area is 95.2 Å². The highest BCUT2D eigenvalue weighted by atomic mass is 16.4. The van der Waals surface area contributed by atoms with Crippen LogP contribution in [0.4, 0.5) is 0 Å². The fourth-order valence-electron chi connectivity index (χ4n) is 1.46. The van der Waals surface area contributed by atoms with Gasteiger partial charge in [0.15, 0.2) is 0 Å². The minimum absolute atomic E-state index is 0.0560. The average molecular weight is 232 g/mol. The summed E-state index contributed by atoms with van der Waals surface area (Å²) in [5.74, 6) is -1.67. The second-order valence-corrected chi connectivity index (χ2v) is 3.77. The summed E-state index contributed by atoms with van der Waals surface area (Å²) in [6.45, 7) is 1.09. The molecule has 0 radical (unpaired) electrons. The van der Waals surface area contributed by atoms with Crippen LogP contribution in [0.25, 0.3) is 0 Å². The molecule has 0 aliphatic heterocycles. The van der Waals surface area contributed by atoms with Gasteiger partial charge in [0.2, 0.25) is 0 Å². The molecule has 1 unspecified atom stereocenters. The second kappa shape index (κ2) is 8.06. The van der Waals surface area contributed by atoms with Gasteiger partial charge in [-0.25, -0.2) is 0 Å². The van der Waals surface area contributed by atoms with Crippen LogP contribution in [0, 0.1) is 0 Å². The van der Waals surface area contributed by atoms with Gasteiger partial charge in [0.1, 0.15) is 0 Å². The van der Waals surface area contributed by atoms with Gasteiger partial charge in [-0.3, -0.25) is 9.59 Å². The average Bonchev–Trinajstić information content (AvgIpc) is 2.20. The van der Waals surface area contributed by atoms with Crippen LogP contribution in [-0.2, 0) is 9.59 Å². The summed E-state index contributed by atoms with van der Waals surface area (Å²) in [6, 6.07) is 0.0560. The molecule has 6 nitrogen and oxygen atoms in total. The Balaban J connectivity index is 4.05. The van der Waals surface area contributed by atoms with E-state index in [2.05, 4.69) is 5.32 Å². The first-order valence-electron chi connectivity index (χ1n) is 5.25. The summed E-state index contributed by atoms with van der Waals surface area (Å²) in [7, 11) is 3.60. The lowest BCUT2D eigenvalue weighted by Crippen LogP contribution is -2.40. The van der Waals surface area contributed by atoms with Crippen LogP contribution < -0.4 is 5.32 Å². The molecule has 0 aromatic carbocycles. The van der Waals surface area contributed by atoms with Crippen LogP contribution in [0.2, 0.25) is 0 Å². The molecule has 0 fully saturated rings. The molecule has 6 heteroatoms. The molecule has 0 saturated heterocycles. The Morgan fingerprint density at radius 3 is 2.25 bits per heavy atom. The molecule has 0 aromatic heterocycles. The minimum Gasteiger partial charge on any atom is -0.481 e. The molecule has 0 aliphatic carbocycles. The van der Waals surface area contributed by atoms with E-state index in [-0.39, 0.29) is 18.9 Å². The number of hydrogen-bond acceptors (Lipinski definition) is 4. The monoisotopic (exact) mass is 232 g/mol. The molecular weight excluding hydrogens is 212 g/mol. The summed E-state index contributed by atoms with van der Waals surface area (Å²) in [5.41, 5.74) is 0. The van der Waals surface area contributed by atoms with Crippen molar-refractivity contribution in [1.82, 2.24) is 10.2 Å². The number of nitrogens with zero attached hydrogens (tertiary/aromatic N) is 1. The maximum atomic E-state index is 10.5. The molecule has 0 amide bonds. The summed E-state index contributed by atoms with van der Waals surface area (Å²) < 4.78 is 0. The third kappa shape index (κ3) is 7.19. The molecule has 0 saturated carbocycles. The largest absolute Gasteiger partial charge is 0.481 e. The van der Waals surface area contributed by atoms with Crippen LogP contribution in [0.15, 0.2) is 0 Å². The van der Waals surface area contributed by atoms with Crippen molar-refractivity contribution >= 4 is 11.9 Å². The number of carboxylic acids is 2. The van der Waals surface area contributed by atoms with Gasteiger partial charge in [0.05, 0.1) is 6.42 Å². The lowest BCUT2D eigenvalue weighted by Gasteiger charge is -2.27. The molecule has 0 bridgehead atoms. The third-order valence-electron chi connectivity index (χ3n) is 2.43. The van der Waals surface area contributed by atoms with Crippen molar-refractivity contribution in [3.05, 3.63) is 0 Å². The predicted octanol–water partition coefficient (Wildman–Crippen LogP) is -0.154. The van der Waals surface area contributed by atoms with Gasteiger partial charge in [-0.15, -0.1) is 0 Å². The van der Waals surface area contributed by atoms with Crippen molar-refractivity contribution in [2.75, 3.05) is 27.2 Å². The van der Waals surface area contributed by atoms with Crippen molar-refractivity contribution in [3.8, 4) is 0 Å². The van der Waals surface area contributed by atoms with E-state index in [9.17, 15) is 9.59 Å². The van der Waals surface area contributed by atoms with Gasteiger partial charge in [-0.2, -0.15) is 0 Å². The Morgan fingerprint density at radius 2 is 1.81 bits per heavy atom. The Bertz CT molecular complexity index is 233. The number of aliphatic carboxylic acids is 2. The Kier molecular flexibility index (Phi) is 7.49. The molecule has 0 spiro atoms. The highest BCUT2D eigenvalue weighted by Crippen LogP contribution is 2.05. The zero-order valence-corrected chi connectivity index (χ0v) is 9.77. The molecule has 0 aliphatic rings. The van der Waals surface area contributed by atoms with Gasteiger partial charge in [0.25, 0.3) is 0 Å². The molecule has 3 N–H and O–H groups in total. The molecule has 16 heavy (non-hydrogen) atoms. The van der Waals surface area contributed by atoms with E-state index in [1.54, 1.807) is 7.05 Å². The number of hydrogen-bond donors (Lipinski definition) is 3. The Hall–Kier alpha value is -1.14. The van der Waals surface area contributed by atoms with Gasteiger partial charge in [0, 0.05) is 25.6 Å². The van der Waals surface area contributed by atoms with Crippen LogP contribution in [0.5, 0.6) is 0 Å². The quantitative estimate of drug-likeness (QED) is 0.512. The zero-order valence-electron chi connectivity index (χ0n) is 9.77.